The quantitative estimate of drug-likeness (QED) is 0.661. The molecule has 2 aliphatic carbocycles. The number of fused-ring (bicyclic) bond motifs is 1. The molecule has 5 rings (SSSR count). The molecule has 9 nitrogen and oxygen atoms in total. The highest BCUT2D eigenvalue weighted by atomic mass is 16.2. The molecule has 2 saturated carbocycles. The van der Waals surface area contributed by atoms with Crippen LogP contribution in [0.3, 0.4) is 0 Å². The summed E-state index contributed by atoms with van der Waals surface area (Å²) < 4.78 is 0. The topological polar surface area (TPSA) is 145 Å². The summed E-state index contributed by atoms with van der Waals surface area (Å²) in [5, 5.41) is 12.6. The minimum absolute atomic E-state index is 0.0280. The van der Waals surface area contributed by atoms with Gasteiger partial charge < -0.3 is 20.9 Å². The van der Waals surface area contributed by atoms with Crippen molar-refractivity contribution in [3.05, 3.63) is 30.0 Å². The van der Waals surface area contributed by atoms with Crippen LogP contribution in [0.15, 0.2) is 24.4 Å². The zero-order valence-corrected chi connectivity index (χ0v) is 17.8. The zero-order valence-electron chi connectivity index (χ0n) is 17.8. The number of nitrogens with zero attached hydrogens (tertiary/aromatic N) is 3. The molecule has 0 bridgehead atoms. The van der Waals surface area contributed by atoms with Gasteiger partial charge in [-0.15, -0.1) is 0 Å². The number of nitriles is 1. The number of hydrogen-bond acceptors (Lipinski definition) is 5. The van der Waals surface area contributed by atoms with Gasteiger partial charge in [-0.25, -0.2) is 4.98 Å². The molecule has 2 fully saturated rings. The highest BCUT2D eigenvalue weighted by Gasteiger charge is 2.30. The summed E-state index contributed by atoms with van der Waals surface area (Å²) >= 11 is 0. The Hall–Kier alpha value is -3.67. The van der Waals surface area contributed by atoms with Crippen molar-refractivity contribution in [2.45, 2.75) is 38.5 Å². The van der Waals surface area contributed by atoms with E-state index < -0.39 is 0 Å². The molecular weight excluding hydrogens is 408 g/mol. The van der Waals surface area contributed by atoms with Crippen molar-refractivity contribution >= 4 is 40.1 Å². The molecule has 2 aromatic heterocycles. The normalized spacial score (nSPS) is 17.6. The minimum atomic E-state index is -0.137. The van der Waals surface area contributed by atoms with E-state index in [1.54, 1.807) is 4.90 Å². The summed E-state index contributed by atoms with van der Waals surface area (Å²) in [6.07, 6.45) is 8.41. The molecule has 3 aliphatic rings. The Kier molecular flexibility index (Phi) is 6.21. The highest BCUT2D eigenvalue weighted by Crippen LogP contribution is 2.33. The van der Waals surface area contributed by atoms with Crippen LogP contribution in [0, 0.1) is 23.2 Å². The highest BCUT2D eigenvalue weighted by molar-refractivity contribution is 5.97. The van der Waals surface area contributed by atoms with E-state index >= 15 is 0 Å². The third kappa shape index (κ3) is 5.14. The van der Waals surface area contributed by atoms with E-state index in [0.717, 1.165) is 47.9 Å². The maximum Gasteiger partial charge on any atom is 0.237 e. The summed E-state index contributed by atoms with van der Waals surface area (Å²) in [6.45, 7) is 1.08. The molecule has 1 aliphatic heterocycles. The van der Waals surface area contributed by atoms with Crippen molar-refractivity contribution in [3.63, 3.8) is 0 Å². The van der Waals surface area contributed by atoms with Gasteiger partial charge in [-0.3, -0.25) is 14.4 Å². The second-order valence-electron chi connectivity index (χ2n) is 8.39. The van der Waals surface area contributed by atoms with Crippen LogP contribution in [-0.2, 0) is 14.4 Å². The van der Waals surface area contributed by atoms with Crippen LogP contribution in [0.4, 0.5) is 5.82 Å². The van der Waals surface area contributed by atoms with Gasteiger partial charge in [0.25, 0.3) is 0 Å². The van der Waals surface area contributed by atoms with Crippen molar-refractivity contribution in [1.82, 2.24) is 14.9 Å². The first kappa shape index (κ1) is 21.6. The number of nitrogens with two attached hydrogens (primary N) is 1. The van der Waals surface area contributed by atoms with E-state index in [-0.39, 0.29) is 36.0 Å². The lowest BCUT2D eigenvalue weighted by Crippen LogP contribution is -2.34. The van der Waals surface area contributed by atoms with Crippen LogP contribution in [0.1, 0.15) is 44.1 Å². The Morgan fingerprint density at radius 2 is 2.00 bits per heavy atom. The number of carbonyl (C=O) groups is 3. The lowest BCUT2D eigenvalue weighted by molar-refractivity contribution is -0.129. The molecule has 3 heterocycles. The molecule has 0 atom stereocenters. The van der Waals surface area contributed by atoms with Gasteiger partial charge in [-0.1, -0.05) is 6.08 Å². The summed E-state index contributed by atoms with van der Waals surface area (Å²) in [6, 6.07) is 5.79. The fourth-order valence-electron chi connectivity index (χ4n) is 3.63. The van der Waals surface area contributed by atoms with E-state index in [2.05, 4.69) is 15.3 Å². The second kappa shape index (κ2) is 9.22. The van der Waals surface area contributed by atoms with Crippen molar-refractivity contribution in [1.29, 1.82) is 5.26 Å². The third-order valence-corrected chi connectivity index (χ3v) is 5.85. The van der Waals surface area contributed by atoms with Crippen molar-refractivity contribution < 1.29 is 14.4 Å². The number of aromatic nitrogens is 2. The Balaban J connectivity index is 0.000000354. The van der Waals surface area contributed by atoms with Gasteiger partial charge in [0.2, 0.25) is 17.7 Å². The van der Waals surface area contributed by atoms with Gasteiger partial charge in [0.15, 0.2) is 0 Å². The van der Waals surface area contributed by atoms with Crippen LogP contribution in [0.25, 0.3) is 16.6 Å². The van der Waals surface area contributed by atoms with Gasteiger partial charge in [0.1, 0.15) is 17.9 Å². The van der Waals surface area contributed by atoms with Crippen LogP contribution in [0.5, 0.6) is 0 Å². The monoisotopic (exact) mass is 434 g/mol. The molecule has 3 amide bonds. The predicted octanol–water partition coefficient (Wildman–Crippen LogP) is 2.32. The molecule has 32 heavy (non-hydrogen) atoms. The first-order valence-electron chi connectivity index (χ1n) is 10.9. The van der Waals surface area contributed by atoms with Crippen LogP contribution < -0.4 is 11.1 Å². The van der Waals surface area contributed by atoms with E-state index in [4.69, 9.17) is 11.0 Å². The Morgan fingerprint density at radius 3 is 2.56 bits per heavy atom. The summed E-state index contributed by atoms with van der Waals surface area (Å²) in [4.78, 5) is 43.2. The number of pyridine rings is 1. The van der Waals surface area contributed by atoms with E-state index in [1.165, 1.54) is 0 Å². The molecule has 0 spiro atoms. The van der Waals surface area contributed by atoms with Crippen LogP contribution in [-0.4, -0.2) is 45.7 Å². The molecule has 9 heteroatoms. The van der Waals surface area contributed by atoms with Gasteiger partial charge in [0, 0.05) is 36.5 Å². The molecule has 2 aromatic rings. The van der Waals surface area contributed by atoms with E-state index in [0.29, 0.717) is 25.3 Å². The summed E-state index contributed by atoms with van der Waals surface area (Å²) in [5.74, 6) is 0.672. The Morgan fingerprint density at radius 1 is 1.25 bits per heavy atom. The molecule has 0 aromatic carbocycles. The first-order chi connectivity index (χ1) is 15.5. The second-order valence-corrected chi connectivity index (χ2v) is 8.39. The van der Waals surface area contributed by atoms with E-state index in [9.17, 15) is 14.4 Å². The van der Waals surface area contributed by atoms with Gasteiger partial charge in [-0.2, -0.15) is 5.26 Å². The van der Waals surface area contributed by atoms with Crippen molar-refractivity contribution in [2.24, 2.45) is 17.6 Å². The molecular formula is C23H26N6O3. The predicted molar refractivity (Wildman–Crippen MR) is 119 cm³/mol. The fourth-order valence-corrected chi connectivity index (χ4v) is 3.63. The smallest absolute Gasteiger partial charge is 0.237 e. The molecule has 0 saturated heterocycles. The Labute approximate surface area is 185 Å². The standard InChI is InChI=1S/C19H19N5O2.C4H7NO/c20-7-3-17(25)24-9-5-12(6-10-24)15-11-16(23-19(26)13-1-2-13)22-18-14(15)4-8-21-18;5-4(6)3-1-2-3/h4-5,8,11,13H,1-3,6,9-10H2,(H2,21,22,23,26);3H,1-2H2,(H2,5,6). The number of hydrogen-bond donors (Lipinski definition) is 3. The summed E-state index contributed by atoms with van der Waals surface area (Å²) in [5.41, 5.74) is 7.74. The average molecular weight is 435 g/mol. The number of carbonyl (C=O) groups excluding carboxylic acids is 3. The number of H-pyrrole nitrogens is 1. The van der Waals surface area contributed by atoms with Gasteiger partial charge in [-0.05, 0) is 55.4 Å². The summed E-state index contributed by atoms with van der Waals surface area (Å²) in [7, 11) is 0. The molecule has 166 valence electrons. The lowest BCUT2D eigenvalue weighted by Gasteiger charge is -2.26. The maximum absolute atomic E-state index is 12.1. The van der Waals surface area contributed by atoms with Crippen molar-refractivity contribution in [3.8, 4) is 6.07 Å². The average Bonchev–Trinajstić information content (AvgIpc) is 3.70. The van der Waals surface area contributed by atoms with Gasteiger partial charge in [0.05, 0.1) is 6.07 Å². The number of amides is 3. The largest absolute Gasteiger partial charge is 0.369 e. The number of primary amides is 1. The maximum atomic E-state index is 12.1. The molecule has 4 N–H and O–H groups in total. The Bertz CT molecular complexity index is 1120. The number of aromatic amines is 1. The molecule has 0 unspecified atom stereocenters. The van der Waals surface area contributed by atoms with Crippen LogP contribution >= 0.6 is 0 Å². The zero-order chi connectivity index (χ0) is 22.7. The third-order valence-electron chi connectivity index (χ3n) is 5.85. The lowest BCUT2D eigenvalue weighted by atomic mass is 9.97. The van der Waals surface area contributed by atoms with Gasteiger partial charge >= 0.3 is 0 Å². The number of rotatable bonds is 5. The fraction of sp³-hybridized carbons (Fsp3) is 0.435. The SMILES string of the molecule is N#CCC(=O)N1CC=C(c2cc(NC(=O)C3CC3)nc3[nH]ccc23)CC1.NC(=O)C1CC1. The number of nitrogens with one attached hydrogen (secondary N) is 2. The molecule has 0 radical (unpaired) electrons. The van der Waals surface area contributed by atoms with Crippen LogP contribution in [0.2, 0.25) is 0 Å². The number of anilines is 1. The van der Waals surface area contributed by atoms with Crippen molar-refractivity contribution in [2.75, 3.05) is 18.4 Å². The first-order valence-corrected chi connectivity index (χ1v) is 10.9. The minimum Gasteiger partial charge on any atom is -0.369 e. The van der Waals surface area contributed by atoms with E-state index in [1.807, 2.05) is 30.5 Å².